The number of methoxy groups -OCH3 is 3. The topological polar surface area (TPSA) is 337 Å². The molecule has 27 nitrogen and oxygen atoms in total. The maximum absolute atomic E-state index is 13.7. The Morgan fingerprint density at radius 2 is 0.817 bits per heavy atom. The number of aliphatic hydroxyl groups excluding tert-OH is 2. The minimum atomic E-state index is -4.08. The number of hydrogen-bond acceptors (Lipinski definition) is 21. The van der Waals surface area contributed by atoms with Crippen molar-refractivity contribution in [3.8, 4) is 33.4 Å². The molecule has 0 fully saturated rings. The quantitative estimate of drug-likeness (QED) is 0.0303. The molecule has 13 rings (SSSR count). The van der Waals surface area contributed by atoms with Crippen molar-refractivity contribution in [2.75, 3.05) is 79.4 Å². The van der Waals surface area contributed by atoms with E-state index in [2.05, 4.69) is 14.1 Å². The van der Waals surface area contributed by atoms with Crippen molar-refractivity contribution in [2.45, 2.75) is 189 Å². The molecule has 11 aromatic rings. The third-order valence-electron chi connectivity index (χ3n) is 22.6. The monoisotopic (exact) mass is 1910 g/mol. The Hall–Kier alpha value is -10.4. The number of aromatic amines is 1. The van der Waals surface area contributed by atoms with E-state index in [1.807, 2.05) is 158 Å². The second kappa shape index (κ2) is 40.6. The number of rotatable bonds is 28. The smallest absolute Gasteiger partial charge is 0.339 e. The van der Waals surface area contributed by atoms with Crippen LogP contribution in [0.1, 0.15) is 171 Å². The predicted octanol–water partition coefficient (Wildman–Crippen LogP) is 18.6. The largest absolute Gasteiger partial charge is 0.467 e. The number of aryl methyl sites for hydroxylation is 3. The molecule has 0 spiro atoms. The van der Waals surface area contributed by atoms with Gasteiger partial charge in [-0.15, -0.1) is 0 Å². The predicted molar refractivity (Wildman–Crippen MR) is 514 cm³/mol. The summed E-state index contributed by atoms with van der Waals surface area (Å²) in [6.07, 6.45) is 0.314. The molecule has 702 valence electrons. The van der Waals surface area contributed by atoms with Gasteiger partial charge in [0, 0.05) is 97.5 Å². The van der Waals surface area contributed by atoms with Gasteiger partial charge in [-0.2, -0.15) is 0 Å². The Bertz CT molecular complexity index is 6460. The van der Waals surface area contributed by atoms with Gasteiger partial charge in [0.15, 0.2) is 18.3 Å². The normalized spacial score (nSPS) is 15.1. The summed E-state index contributed by atoms with van der Waals surface area (Å²) in [7, 11) is -7.82. The Kier molecular flexibility index (Phi) is 31.4. The van der Waals surface area contributed by atoms with Gasteiger partial charge in [0.05, 0.1) is 140 Å². The summed E-state index contributed by atoms with van der Waals surface area (Å²) in [6.45, 7) is 27.5. The highest BCUT2D eigenvalue weighted by molar-refractivity contribution is 7.92. The summed E-state index contributed by atoms with van der Waals surface area (Å²) in [5, 5.41) is 24.2. The van der Waals surface area contributed by atoms with Gasteiger partial charge in [-0.05, 0) is 239 Å². The zero-order valence-corrected chi connectivity index (χ0v) is 82.2. The summed E-state index contributed by atoms with van der Waals surface area (Å²) in [6, 6.07) is 42.6. The van der Waals surface area contributed by atoms with Crippen molar-refractivity contribution in [2.24, 2.45) is 0 Å². The fourth-order valence-electron chi connectivity index (χ4n) is 17.4. The molecule has 131 heavy (non-hydrogen) atoms. The molecule has 0 radical (unpaired) electrons. The summed E-state index contributed by atoms with van der Waals surface area (Å²) in [5.41, 5.74) is 11.6. The molecule has 0 amide bonds. The van der Waals surface area contributed by atoms with Crippen LogP contribution in [0.25, 0.3) is 66.1 Å². The van der Waals surface area contributed by atoms with Gasteiger partial charge in [0.1, 0.15) is 0 Å². The molecule has 3 aromatic heterocycles. The molecule has 0 saturated carbocycles. The minimum Gasteiger partial charge on any atom is -0.467 e. The van der Waals surface area contributed by atoms with Crippen LogP contribution in [0.5, 0.6) is 0 Å². The second-order valence-electron chi connectivity index (χ2n) is 35.7. The second-order valence-corrected chi connectivity index (χ2v) is 42.6. The van der Waals surface area contributed by atoms with Gasteiger partial charge in [0.25, 0.3) is 0 Å². The Morgan fingerprint density at radius 1 is 0.473 bits per heavy atom. The minimum absolute atomic E-state index is 0.00981. The number of fused-ring (bicyclic) bond motifs is 1. The highest BCUT2D eigenvalue weighted by Crippen LogP contribution is 2.54. The molecule has 2 aliphatic heterocycles. The average molecular weight is 1920 g/mol. The Labute approximate surface area is 781 Å². The number of carbonyl (C=O) groups is 5. The first kappa shape index (κ1) is 101. The number of nitrogens with one attached hydrogen (secondary N) is 1. The van der Waals surface area contributed by atoms with Gasteiger partial charge >= 0.3 is 29.8 Å². The number of hydrogen-bond donors (Lipinski definition) is 3. The van der Waals surface area contributed by atoms with Gasteiger partial charge in [-0.1, -0.05) is 108 Å². The zero-order chi connectivity index (χ0) is 96.4. The number of aromatic nitrogens is 3. The lowest BCUT2D eigenvalue weighted by Crippen LogP contribution is -2.46. The SMILES string of the molecule is COC(=O)[C@@H](OC(C)(C)C)c1c(C)c(N([C@H](CO)CCOC(=O)c2ccccc2)S(C)(=O)=O)c2[nH]c(C)cc2c1-c1ccc(Cl)cc1.COC(=O)[C@@H](OC(C)(C)C)c1c(C)c2c3c(cc(C)n3C[C@H](CCO)N2S(C)(=O)=O)c1-c1ccc(Cl)cc1.COC(=O)[C@@H](OC(C)(C)C)c1c(C)c2c3c(cc(C)n3C[C@H](CCOC(=O)c3ccccc3)N2S(C)(=O)=O)c1-c1ccc(Cl)cc1. The summed E-state index contributed by atoms with van der Waals surface area (Å²) >= 11 is 18.7. The highest BCUT2D eigenvalue weighted by Gasteiger charge is 2.46. The zero-order valence-electron chi connectivity index (χ0n) is 77.5. The Morgan fingerprint density at radius 3 is 1.15 bits per heavy atom. The van der Waals surface area contributed by atoms with E-state index in [0.717, 1.165) is 71.7 Å². The summed E-state index contributed by atoms with van der Waals surface area (Å²) in [4.78, 5) is 68.9. The lowest BCUT2D eigenvalue weighted by atomic mass is 9.87. The standard InChI is InChI=1S/C35H41ClN2O8S.C35H39ClN2O7S.C28H35ClN2O6S/c1-21-19-27-29(23-13-15-25(36)16-14-23)28(32(34(41)44-6)46-35(3,4)5)22(2)31(30(27)37-21)38(47(7,42)43)26(20-39)17-18-45-33(40)24-11-9-8-10-12-24;1-21-19-27-29(23-13-15-25(36)16-14-23)28(32(34(40)43-6)45-35(3,4)5)22(2)30-31(27)37(21)20-26(38(30)46(7,41)42)17-18-44-33(39)24-11-9-8-10-12-24;1-16-14-21-23(18-8-10-19(29)11-9-18)22(26(27(33)36-6)37-28(3,4)5)17(2)24-25(21)30(16)15-20(12-13-32)31(24)38(7,34)35/h8-16,19,26,32,37,39H,17-18,20H2,1-7H3;8-16,19,26,32H,17-18,20H2,1-7H3;8-11,14,20,26,32H,12-13,15H2,1-7H3/t2*26-,32-;20-,26-/m000/s1. The van der Waals surface area contributed by atoms with Crippen LogP contribution in [0.3, 0.4) is 0 Å². The van der Waals surface area contributed by atoms with E-state index in [4.69, 9.17) is 72.7 Å². The fraction of sp³-hybridized carbons (Fsp3) is 0.398. The molecule has 0 saturated heterocycles. The van der Waals surface area contributed by atoms with Crippen LogP contribution in [0.15, 0.2) is 152 Å². The van der Waals surface area contributed by atoms with E-state index in [9.17, 15) is 59.4 Å². The van der Waals surface area contributed by atoms with Crippen LogP contribution in [0, 0.1) is 41.5 Å². The van der Waals surface area contributed by atoms with Crippen molar-refractivity contribution in [1.29, 1.82) is 0 Å². The van der Waals surface area contributed by atoms with Gasteiger partial charge < -0.3 is 62.2 Å². The van der Waals surface area contributed by atoms with Crippen LogP contribution in [0.2, 0.25) is 15.1 Å². The number of carbonyl (C=O) groups excluding carboxylic acids is 5. The van der Waals surface area contributed by atoms with E-state index < -0.39 is 120 Å². The lowest BCUT2D eigenvalue weighted by molar-refractivity contribution is -0.164. The number of anilines is 3. The van der Waals surface area contributed by atoms with Crippen molar-refractivity contribution < 1.29 is 97.3 Å². The Balaban J connectivity index is 0.000000191. The molecular formula is C98H115Cl3N6O21S3. The van der Waals surface area contributed by atoms with Crippen LogP contribution >= 0.6 is 34.8 Å². The number of esters is 5. The molecule has 0 aliphatic carbocycles. The van der Waals surface area contributed by atoms with Crippen molar-refractivity contribution in [3.05, 3.63) is 228 Å². The number of nitrogens with zero attached hydrogens (tertiary/aromatic N) is 5. The molecule has 0 bridgehead atoms. The lowest BCUT2D eigenvalue weighted by Gasteiger charge is -2.39. The van der Waals surface area contributed by atoms with Crippen LogP contribution in [-0.2, 0) is 95.4 Å². The number of halogens is 3. The molecule has 8 aromatic carbocycles. The van der Waals surface area contributed by atoms with Gasteiger partial charge in [0.2, 0.25) is 30.1 Å². The average Bonchev–Trinajstić information content (AvgIpc) is 1.60. The highest BCUT2D eigenvalue weighted by atomic mass is 35.5. The number of H-pyrrole nitrogens is 1. The van der Waals surface area contributed by atoms with Crippen LogP contribution in [-0.4, -0.2) is 181 Å². The maximum Gasteiger partial charge on any atom is 0.339 e. The number of aliphatic hydroxyl groups is 2. The first-order valence-corrected chi connectivity index (χ1v) is 49.2. The molecule has 33 heteroatoms. The molecule has 6 atom stereocenters. The third kappa shape index (κ3) is 22.4. The van der Waals surface area contributed by atoms with Crippen molar-refractivity contribution in [1.82, 2.24) is 14.1 Å². The van der Waals surface area contributed by atoms with Crippen molar-refractivity contribution >= 4 is 144 Å². The molecule has 5 heterocycles. The molecule has 2 aliphatic rings. The van der Waals surface area contributed by atoms with E-state index in [1.54, 1.807) is 97.9 Å². The number of benzene rings is 8. The van der Waals surface area contributed by atoms with Crippen LogP contribution < -0.4 is 12.9 Å². The summed E-state index contributed by atoms with van der Waals surface area (Å²) in [5.74, 6) is -2.92. The molecular weight excluding hydrogens is 1800 g/mol. The number of ether oxygens (including phenoxy) is 8. The van der Waals surface area contributed by atoms with Gasteiger partial charge in [-0.3, -0.25) is 12.9 Å². The fourth-order valence-corrected chi connectivity index (χ4v) is 21.6. The maximum atomic E-state index is 13.7. The van der Waals surface area contributed by atoms with Crippen molar-refractivity contribution in [3.63, 3.8) is 0 Å². The van der Waals surface area contributed by atoms with E-state index in [0.29, 0.717) is 106 Å². The first-order chi connectivity index (χ1) is 61.4. The van der Waals surface area contributed by atoms with E-state index in [1.165, 1.54) is 42.5 Å². The van der Waals surface area contributed by atoms with E-state index in [-0.39, 0.29) is 44.8 Å². The molecule has 0 unspecified atom stereocenters. The number of sulfonamides is 3. The first-order valence-electron chi connectivity index (χ1n) is 42.6. The third-order valence-corrected chi connectivity index (χ3v) is 26.9. The van der Waals surface area contributed by atoms with E-state index >= 15 is 0 Å². The van der Waals surface area contributed by atoms with Crippen LogP contribution in [0.4, 0.5) is 17.1 Å². The molecule has 3 N–H and O–H groups in total. The van der Waals surface area contributed by atoms with Gasteiger partial charge in [-0.25, -0.2) is 49.2 Å². The summed E-state index contributed by atoms with van der Waals surface area (Å²) < 4.78 is 135.